The fourth-order valence-electron chi connectivity index (χ4n) is 2.22. The van der Waals surface area contributed by atoms with Crippen LogP contribution in [0.5, 0.6) is 5.75 Å². The first-order chi connectivity index (χ1) is 11.9. The van der Waals surface area contributed by atoms with Crippen LogP contribution in [-0.4, -0.2) is 18.7 Å². The molecule has 2 aromatic rings. The third kappa shape index (κ3) is 5.11. The maximum absolute atomic E-state index is 13.4. The van der Waals surface area contributed by atoms with Crippen LogP contribution in [0.25, 0.3) is 0 Å². The molecule has 0 aliphatic heterocycles. The molecule has 0 aliphatic rings. The molecule has 0 saturated carbocycles. The SMILES string of the molecule is Cc1ccc(C(C)C)c(OCC(=O)N/N=C/c2c(F)cccc2F)c1. The highest BCUT2D eigenvalue weighted by atomic mass is 19.1. The number of amides is 1. The molecule has 1 amide bonds. The molecular formula is C19H20F2N2O2. The van der Waals surface area contributed by atoms with Crippen molar-refractivity contribution in [2.24, 2.45) is 5.10 Å². The number of hydrogen-bond acceptors (Lipinski definition) is 3. The van der Waals surface area contributed by atoms with Gasteiger partial charge in [0.25, 0.3) is 5.91 Å². The Balaban J connectivity index is 1.96. The molecule has 0 heterocycles. The monoisotopic (exact) mass is 346 g/mol. The average Bonchev–Trinajstić information content (AvgIpc) is 2.55. The molecule has 0 aliphatic carbocycles. The van der Waals surface area contributed by atoms with Crippen LogP contribution in [0.1, 0.15) is 36.5 Å². The lowest BCUT2D eigenvalue weighted by Gasteiger charge is -2.14. The van der Waals surface area contributed by atoms with Crippen molar-refractivity contribution in [3.8, 4) is 5.75 Å². The first-order valence-corrected chi connectivity index (χ1v) is 7.87. The normalized spacial score (nSPS) is 11.1. The molecule has 25 heavy (non-hydrogen) atoms. The molecular weight excluding hydrogens is 326 g/mol. The Morgan fingerprint density at radius 3 is 2.56 bits per heavy atom. The summed E-state index contributed by atoms with van der Waals surface area (Å²) in [6, 6.07) is 9.28. The summed E-state index contributed by atoms with van der Waals surface area (Å²) in [7, 11) is 0. The summed E-state index contributed by atoms with van der Waals surface area (Å²) in [6.07, 6.45) is 0.925. The van der Waals surface area contributed by atoms with Crippen LogP contribution < -0.4 is 10.2 Å². The summed E-state index contributed by atoms with van der Waals surface area (Å²) >= 11 is 0. The number of nitrogens with zero attached hydrogens (tertiary/aromatic N) is 1. The molecule has 0 radical (unpaired) electrons. The van der Waals surface area contributed by atoms with E-state index in [1.165, 1.54) is 6.07 Å². The number of benzene rings is 2. The number of hydrazone groups is 1. The van der Waals surface area contributed by atoms with Crippen LogP contribution in [0.2, 0.25) is 0 Å². The number of hydrogen-bond donors (Lipinski definition) is 1. The molecule has 0 fully saturated rings. The molecule has 6 heteroatoms. The fraction of sp³-hybridized carbons (Fsp3) is 0.263. The summed E-state index contributed by atoms with van der Waals surface area (Å²) in [5.74, 6) is -1.15. The van der Waals surface area contributed by atoms with Crippen molar-refractivity contribution in [2.45, 2.75) is 26.7 Å². The van der Waals surface area contributed by atoms with Gasteiger partial charge in [0.05, 0.1) is 11.8 Å². The molecule has 0 spiro atoms. The van der Waals surface area contributed by atoms with Crippen LogP contribution in [0, 0.1) is 18.6 Å². The smallest absolute Gasteiger partial charge is 0.277 e. The van der Waals surface area contributed by atoms with Gasteiger partial charge in [0.1, 0.15) is 17.4 Å². The van der Waals surface area contributed by atoms with Crippen LogP contribution in [0.3, 0.4) is 0 Å². The molecule has 0 unspecified atom stereocenters. The topological polar surface area (TPSA) is 50.7 Å². The molecule has 132 valence electrons. The maximum Gasteiger partial charge on any atom is 0.277 e. The molecule has 0 aromatic heterocycles. The summed E-state index contributed by atoms with van der Waals surface area (Å²) in [4.78, 5) is 11.8. The number of aryl methyl sites for hydroxylation is 1. The quantitative estimate of drug-likeness (QED) is 0.636. The van der Waals surface area contributed by atoms with Gasteiger partial charge < -0.3 is 4.74 Å². The van der Waals surface area contributed by atoms with Gasteiger partial charge in [-0.05, 0) is 42.2 Å². The molecule has 1 N–H and O–H groups in total. The van der Waals surface area contributed by atoms with Crippen LogP contribution >= 0.6 is 0 Å². The molecule has 4 nitrogen and oxygen atoms in total. The minimum absolute atomic E-state index is 0.250. The third-order valence-corrected chi connectivity index (χ3v) is 3.53. The van der Waals surface area contributed by atoms with Crippen molar-refractivity contribution in [1.82, 2.24) is 5.43 Å². The Bertz CT molecular complexity index is 769. The largest absolute Gasteiger partial charge is 0.483 e. The van der Waals surface area contributed by atoms with E-state index < -0.39 is 17.5 Å². The number of nitrogens with one attached hydrogen (secondary N) is 1. The van der Waals surface area contributed by atoms with E-state index in [1.807, 2.05) is 39.0 Å². The van der Waals surface area contributed by atoms with Gasteiger partial charge in [-0.3, -0.25) is 4.79 Å². The Morgan fingerprint density at radius 2 is 1.92 bits per heavy atom. The summed E-state index contributed by atoms with van der Waals surface area (Å²) in [6.45, 7) is 5.75. The second-order valence-electron chi connectivity index (χ2n) is 5.91. The van der Waals surface area contributed by atoms with Crippen molar-refractivity contribution in [1.29, 1.82) is 0 Å². The third-order valence-electron chi connectivity index (χ3n) is 3.53. The van der Waals surface area contributed by atoms with E-state index >= 15 is 0 Å². The van der Waals surface area contributed by atoms with E-state index in [0.29, 0.717) is 5.75 Å². The molecule has 2 rings (SSSR count). The van der Waals surface area contributed by atoms with Gasteiger partial charge in [0, 0.05) is 0 Å². The van der Waals surface area contributed by atoms with Gasteiger partial charge in [-0.2, -0.15) is 5.10 Å². The summed E-state index contributed by atoms with van der Waals surface area (Å²) < 4.78 is 32.4. The standard InChI is InChI=1S/C19H20F2N2O2/c1-12(2)14-8-7-13(3)9-18(14)25-11-19(24)23-22-10-15-16(20)5-4-6-17(15)21/h4-10,12H,11H2,1-3H3,(H,23,24)/b22-10+. The van der Waals surface area contributed by atoms with Gasteiger partial charge in [-0.15, -0.1) is 0 Å². The first-order valence-electron chi connectivity index (χ1n) is 7.87. The van der Waals surface area contributed by atoms with Crippen molar-refractivity contribution in [3.63, 3.8) is 0 Å². The van der Waals surface area contributed by atoms with Crippen molar-refractivity contribution in [2.75, 3.05) is 6.61 Å². The van der Waals surface area contributed by atoms with Gasteiger partial charge in [0.2, 0.25) is 0 Å². The second kappa shape index (κ2) is 8.37. The van der Waals surface area contributed by atoms with Gasteiger partial charge in [0.15, 0.2) is 6.61 Å². The Morgan fingerprint density at radius 1 is 1.24 bits per heavy atom. The van der Waals surface area contributed by atoms with Crippen molar-refractivity contribution >= 4 is 12.1 Å². The van der Waals surface area contributed by atoms with E-state index in [-0.39, 0.29) is 18.1 Å². The van der Waals surface area contributed by atoms with Crippen LogP contribution in [0.15, 0.2) is 41.5 Å². The number of rotatable bonds is 6. The van der Waals surface area contributed by atoms with E-state index in [9.17, 15) is 13.6 Å². The minimum atomic E-state index is -0.754. The molecule has 2 aromatic carbocycles. The Kier molecular flexibility index (Phi) is 6.22. The number of halogens is 2. The van der Waals surface area contributed by atoms with Gasteiger partial charge in [-0.1, -0.05) is 32.0 Å². The summed E-state index contributed by atoms with van der Waals surface area (Å²) in [5.41, 5.74) is 3.89. The lowest BCUT2D eigenvalue weighted by Crippen LogP contribution is -2.25. The second-order valence-corrected chi connectivity index (χ2v) is 5.91. The van der Waals surface area contributed by atoms with E-state index in [0.717, 1.165) is 29.5 Å². The first kappa shape index (κ1) is 18.6. The zero-order valence-corrected chi connectivity index (χ0v) is 14.3. The Hall–Kier alpha value is -2.76. The van der Waals surface area contributed by atoms with Gasteiger partial charge in [-0.25, -0.2) is 14.2 Å². The number of carbonyl (C=O) groups is 1. The van der Waals surface area contributed by atoms with Crippen LogP contribution in [0.4, 0.5) is 8.78 Å². The highest BCUT2D eigenvalue weighted by molar-refractivity contribution is 5.83. The predicted octanol–water partition coefficient (Wildman–Crippen LogP) is 3.93. The Labute approximate surface area is 145 Å². The maximum atomic E-state index is 13.4. The fourth-order valence-corrected chi connectivity index (χ4v) is 2.22. The van der Waals surface area contributed by atoms with Gasteiger partial charge >= 0.3 is 0 Å². The highest BCUT2D eigenvalue weighted by Crippen LogP contribution is 2.27. The number of ether oxygens (including phenoxy) is 1. The average molecular weight is 346 g/mol. The van der Waals surface area contributed by atoms with E-state index in [2.05, 4.69) is 10.5 Å². The van der Waals surface area contributed by atoms with Crippen molar-refractivity contribution in [3.05, 3.63) is 64.7 Å². The molecule has 0 atom stereocenters. The number of carbonyl (C=O) groups excluding carboxylic acids is 1. The predicted molar refractivity (Wildman–Crippen MR) is 92.9 cm³/mol. The molecule has 0 saturated heterocycles. The van der Waals surface area contributed by atoms with Crippen molar-refractivity contribution < 1.29 is 18.3 Å². The minimum Gasteiger partial charge on any atom is -0.483 e. The lowest BCUT2D eigenvalue weighted by atomic mass is 10.0. The zero-order chi connectivity index (χ0) is 18.4. The zero-order valence-electron chi connectivity index (χ0n) is 14.3. The molecule has 0 bridgehead atoms. The summed E-state index contributed by atoms with van der Waals surface area (Å²) in [5, 5.41) is 3.57. The van der Waals surface area contributed by atoms with E-state index in [4.69, 9.17) is 4.74 Å². The van der Waals surface area contributed by atoms with Crippen LogP contribution in [-0.2, 0) is 4.79 Å². The lowest BCUT2D eigenvalue weighted by molar-refractivity contribution is -0.123. The van der Waals surface area contributed by atoms with E-state index in [1.54, 1.807) is 0 Å². The highest BCUT2D eigenvalue weighted by Gasteiger charge is 2.10.